The average molecular weight is 264 g/mol. The maximum absolute atomic E-state index is 12.4. The first-order valence-corrected chi connectivity index (χ1v) is 7.00. The Labute approximate surface area is 114 Å². The van der Waals surface area contributed by atoms with Gasteiger partial charge < -0.3 is 15.6 Å². The Bertz CT molecular complexity index is 489. The van der Waals surface area contributed by atoms with Crippen molar-refractivity contribution in [1.29, 1.82) is 0 Å². The van der Waals surface area contributed by atoms with E-state index in [4.69, 9.17) is 5.73 Å². The molecule has 0 unspecified atom stereocenters. The molecule has 0 spiro atoms. The molecule has 1 saturated carbocycles. The van der Waals surface area contributed by atoms with E-state index >= 15 is 0 Å². The number of nitrogens with one attached hydrogen (secondary N) is 1. The van der Waals surface area contributed by atoms with Gasteiger partial charge in [-0.3, -0.25) is 4.79 Å². The minimum atomic E-state index is -0.245. The Morgan fingerprint density at radius 1 is 1.37 bits per heavy atom. The molecular formula is C14H24N4O. The maximum Gasteiger partial charge on any atom is 0.293 e. The van der Waals surface area contributed by atoms with Crippen LogP contribution in [0.25, 0.3) is 0 Å². The molecule has 3 N–H and O–H groups in total. The number of hydrogen-bond acceptors (Lipinski definition) is 4. The molecule has 0 aromatic carbocycles. The van der Waals surface area contributed by atoms with E-state index in [1.54, 1.807) is 17.0 Å². The molecule has 1 aromatic heterocycles. The van der Waals surface area contributed by atoms with Gasteiger partial charge in [0.15, 0.2) is 5.82 Å². The third-order valence-corrected chi connectivity index (χ3v) is 3.70. The minimum Gasteiger partial charge on any atom is -0.361 e. The molecule has 2 atom stereocenters. The van der Waals surface area contributed by atoms with E-state index in [2.05, 4.69) is 10.3 Å². The Kier molecular flexibility index (Phi) is 3.94. The average Bonchev–Trinajstić information content (AvgIpc) is 2.33. The molecule has 1 aliphatic carbocycles. The van der Waals surface area contributed by atoms with Crippen molar-refractivity contribution in [2.45, 2.75) is 64.1 Å². The van der Waals surface area contributed by atoms with Crippen LogP contribution in [0.4, 0.5) is 5.82 Å². The zero-order valence-corrected chi connectivity index (χ0v) is 12.0. The Morgan fingerprint density at radius 2 is 2.05 bits per heavy atom. The summed E-state index contributed by atoms with van der Waals surface area (Å²) in [4.78, 5) is 16.6. The lowest BCUT2D eigenvalue weighted by atomic mass is 9.91. The summed E-state index contributed by atoms with van der Waals surface area (Å²) in [6.07, 6.45) is 7.75. The number of nitrogens with zero attached hydrogens (tertiary/aromatic N) is 2. The van der Waals surface area contributed by atoms with Crippen LogP contribution in [-0.4, -0.2) is 21.6 Å². The quantitative estimate of drug-likeness (QED) is 0.852. The number of hydrogen-bond donors (Lipinski definition) is 2. The maximum atomic E-state index is 12.4. The second kappa shape index (κ2) is 5.33. The number of anilines is 1. The predicted octanol–water partition coefficient (Wildman–Crippen LogP) is 1.68. The summed E-state index contributed by atoms with van der Waals surface area (Å²) < 4.78 is 1.71. The van der Waals surface area contributed by atoms with Gasteiger partial charge in [-0.05, 0) is 33.6 Å². The van der Waals surface area contributed by atoms with Crippen LogP contribution in [0.1, 0.15) is 46.5 Å². The van der Waals surface area contributed by atoms with Crippen LogP contribution in [0, 0.1) is 0 Å². The summed E-state index contributed by atoms with van der Waals surface area (Å²) in [7, 11) is 0. The van der Waals surface area contributed by atoms with Gasteiger partial charge in [0, 0.05) is 30.0 Å². The lowest BCUT2D eigenvalue weighted by Crippen LogP contribution is -2.45. The molecule has 19 heavy (non-hydrogen) atoms. The minimum absolute atomic E-state index is 0.0761. The SMILES string of the molecule is CC(C)(C)n1ccnc(N[C@@H]2CCCC[C@H]2N)c1=O. The molecule has 5 nitrogen and oxygen atoms in total. The Balaban J connectivity index is 2.24. The monoisotopic (exact) mass is 264 g/mol. The molecular weight excluding hydrogens is 240 g/mol. The van der Waals surface area contributed by atoms with Crippen LogP contribution in [0.2, 0.25) is 0 Å². The first-order valence-electron chi connectivity index (χ1n) is 7.00. The fraction of sp³-hybridized carbons (Fsp3) is 0.714. The van der Waals surface area contributed by atoms with Gasteiger partial charge in [0.25, 0.3) is 5.56 Å². The van der Waals surface area contributed by atoms with Crippen molar-refractivity contribution >= 4 is 5.82 Å². The van der Waals surface area contributed by atoms with Crippen LogP contribution >= 0.6 is 0 Å². The lowest BCUT2D eigenvalue weighted by Gasteiger charge is -2.30. The third-order valence-electron chi connectivity index (χ3n) is 3.70. The van der Waals surface area contributed by atoms with Gasteiger partial charge in [-0.1, -0.05) is 12.8 Å². The van der Waals surface area contributed by atoms with E-state index in [1.807, 2.05) is 20.8 Å². The van der Waals surface area contributed by atoms with Gasteiger partial charge in [0.05, 0.1) is 0 Å². The van der Waals surface area contributed by atoms with Crippen molar-refractivity contribution in [3.8, 4) is 0 Å². The summed E-state index contributed by atoms with van der Waals surface area (Å²) >= 11 is 0. The molecule has 1 aromatic rings. The van der Waals surface area contributed by atoms with Crippen LogP contribution in [-0.2, 0) is 5.54 Å². The first-order chi connectivity index (χ1) is 8.89. The molecule has 0 saturated heterocycles. The molecule has 2 rings (SSSR count). The van der Waals surface area contributed by atoms with E-state index in [0.717, 1.165) is 19.3 Å². The number of rotatable bonds is 2. The second-order valence-electron chi connectivity index (χ2n) is 6.32. The van der Waals surface area contributed by atoms with Crippen molar-refractivity contribution in [3.63, 3.8) is 0 Å². The topological polar surface area (TPSA) is 72.9 Å². The van der Waals surface area contributed by atoms with Crippen LogP contribution < -0.4 is 16.6 Å². The third kappa shape index (κ3) is 3.15. The zero-order valence-electron chi connectivity index (χ0n) is 12.0. The Morgan fingerprint density at radius 3 is 2.68 bits per heavy atom. The molecule has 5 heteroatoms. The van der Waals surface area contributed by atoms with Gasteiger partial charge >= 0.3 is 0 Å². The van der Waals surface area contributed by atoms with Gasteiger partial charge in [-0.25, -0.2) is 4.98 Å². The van der Waals surface area contributed by atoms with Gasteiger partial charge in [0.1, 0.15) is 0 Å². The number of aromatic nitrogens is 2. The molecule has 1 heterocycles. The molecule has 106 valence electrons. The first kappa shape index (κ1) is 14.1. The van der Waals surface area contributed by atoms with E-state index in [9.17, 15) is 4.79 Å². The molecule has 1 fully saturated rings. The van der Waals surface area contributed by atoms with Crippen molar-refractivity contribution in [2.24, 2.45) is 5.73 Å². The standard InChI is InChI=1S/C14H24N4O/c1-14(2,3)18-9-8-16-12(13(18)19)17-11-7-5-4-6-10(11)15/h8-11H,4-7,15H2,1-3H3,(H,16,17)/t10-,11-/m1/s1. The lowest BCUT2D eigenvalue weighted by molar-refractivity contribution is 0.379. The molecule has 0 aliphatic heterocycles. The highest BCUT2D eigenvalue weighted by molar-refractivity contribution is 5.33. The van der Waals surface area contributed by atoms with E-state index < -0.39 is 0 Å². The van der Waals surface area contributed by atoms with E-state index in [-0.39, 0.29) is 23.2 Å². The highest BCUT2D eigenvalue weighted by atomic mass is 16.1. The van der Waals surface area contributed by atoms with Gasteiger partial charge in [-0.15, -0.1) is 0 Å². The predicted molar refractivity (Wildman–Crippen MR) is 77.3 cm³/mol. The molecule has 0 radical (unpaired) electrons. The summed E-state index contributed by atoms with van der Waals surface area (Å²) in [6.45, 7) is 6.01. The van der Waals surface area contributed by atoms with Crippen molar-refractivity contribution in [3.05, 3.63) is 22.7 Å². The molecule has 1 aliphatic rings. The summed E-state index contributed by atoms with van der Waals surface area (Å²) in [5.74, 6) is 0.416. The molecule has 0 bridgehead atoms. The van der Waals surface area contributed by atoms with Crippen molar-refractivity contribution in [2.75, 3.05) is 5.32 Å². The fourth-order valence-corrected chi connectivity index (χ4v) is 2.55. The smallest absolute Gasteiger partial charge is 0.293 e. The van der Waals surface area contributed by atoms with Crippen molar-refractivity contribution < 1.29 is 0 Å². The normalized spacial score (nSPS) is 24.2. The highest BCUT2D eigenvalue weighted by Crippen LogP contribution is 2.19. The molecule has 0 amide bonds. The Hall–Kier alpha value is -1.36. The van der Waals surface area contributed by atoms with Crippen molar-refractivity contribution in [1.82, 2.24) is 9.55 Å². The van der Waals surface area contributed by atoms with Crippen LogP contribution in [0.15, 0.2) is 17.2 Å². The summed E-state index contributed by atoms with van der Waals surface area (Å²) in [5.41, 5.74) is 5.78. The van der Waals surface area contributed by atoms with Crippen LogP contribution in [0.5, 0.6) is 0 Å². The summed E-state index contributed by atoms with van der Waals surface area (Å²) in [6, 6.07) is 0.267. The summed E-state index contributed by atoms with van der Waals surface area (Å²) in [5, 5.41) is 3.24. The largest absolute Gasteiger partial charge is 0.361 e. The van der Waals surface area contributed by atoms with E-state index in [1.165, 1.54) is 6.42 Å². The number of nitrogens with two attached hydrogens (primary N) is 1. The van der Waals surface area contributed by atoms with Gasteiger partial charge in [-0.2, -0.15) is 0 Å². The van der Waals surface area contributed by atoms with Gasteiger partial charge in [0.2, 0.25) is 0 Å². The second-order valence-corrected chi connectivity index (χ2v) is 6.32. The zero-order chi connectivity index (χ0) is 14.0. The fourth-order valence-electron chi connectivity index (χ4n) is 2.55. The van der Waals surface area contributed by atoms with E-state index in [0.29, 0.717) is 5.82 Å². The highest BCUT2D eigenvalue weighted by Gasteiger charge is 2.24. The van der Waals surface area contributed by atoms with Crippen LogP contribution in [0.3, 0.4) is 0 Å².